The van der Waals surface area contributed by atoms with Crippen molar-refractivity contribution in [3.05, 3.63) is 163 Å². The summed E-state index contributed by atoms with van der Waals surface area (Å²) >= 11 is -10.7. The first-order chi connectivity index (χ1) is 29.4. The van der Waals surface area contributed by atoms with Crippen LogP contribution in [0.5, 0.6) is 23.0 Å². The molecule has 0 bridgehead atoms. The second-order valence-electron chi connectivity index (χ2n) is 12.8. The molecule has 0 amide bonds. The zero-order valence-corrected chi connectivity index (χ0v) is 38.1. The van der Waals surface area contributed by atoms with E-state index in [0.29, 0.717) is 37.4 Å². The number of aromatic nitrogens is 4. The van der Waals surface area contributed by atoms with Crippen molar-refractivity contribution in [3.8, 4) is 23.0 Å². The van der Waals surface area contributed by atoms with Crippen LogP contribution >= 0.6 is 0 Å². The first-order valence-electron chi connectivity index (χ1n) is 18.4. The zero-order chi connectivity index (χ0) is 43.6. The molecule has 320 valence electrons. The summed E-state index contributed by atoms with van der Waals surface area (Å²) in [6.45, 7) is -0.303. The fourth-order valence-corrected chi connectivity index (χ4v) is 30.2. The molecule has 6 aromatic rings. The number of nitrogens with zero attached hydrogens (tertiary/aromatic N) is 2. The molecule has 0 aliphatic heterocycles. The molecule has 61 heavy (non-hydrogen) atoms. The molecule has 0 saturated heterocycles. The van der Waals surface area contributed by atoms with Gasteiger partial charge in [-0.25, -0.2) is 0 Å². The molecule has 0 spiro atoms. The Bertz CT molecular complexity index is 2410. The van der Waals surface area contributed by atoms with Gasteiger partial charge < -0.3 is 0 Å². The number of nitrogens with one attached hydrogen (secondary N) is 2. The standard InChI is InChI=1S/C42H42N4O13Te2/c1-53-29-5-13-33(14-6-29)60(34-15-7-30(54-2)8-16-34,57-39(49)23-27-45-25-21-37(47)43-41(45)51)59-61(35-17-9-31(55-3)10-18-35,36-19-11-32(56-4)12-20-36)58-40(50)24-28-46-26-22-38(48)44-42(46)52/h5-22,25-26H,23-24,27-28H2,1-4H3,(H,43,47,51)(H,44,48,52). The second kappa shape index (κ2) is 20.0. The number of carbonyl (C=O) groups is 2. The molecule has 0 fully saturated rings. The van der Waals surface area contributed by atoms with E-state index in [4.69, 9.17) is 26.6 Å². The van der Waals surface area contributed by atoms with Crippen LogP contribution in [-0.4, -0.2) is 97.5 Å². The number of hydrogen-bond donors (Lipinski definition) is 2. The van der Waals surface area contributed by atoms with E-state index in [1.54, 1.807) is 97.1 Å². The number of aromatic amines is 2. The van der Waals surface area contributed by atoms with Crippen LogP contribution in [-0.2, 0) is 30.3 Å². The third-order valence-electron chi connectivity index (χ3n) is 9.00. The number of benzene rings is 4. The van der Waals surface area contributed by atoms with Gasteiger partial charge in [0.15, 0.2) is 0 Å². The normalized spacial score (nSPS) is 11.9. The van der Waals surface area contributed by atoms with E-state index >= 15 is 0 Å². The van der Waals surface area contributed by atoms with Gasteiger partial charge in [0, 0.05) is 0 Å². The van der Waals surface area contributed by atoms with Gasteiger partial charge in [0.25, 0.3) is 0 Å². The van der Waals surface area contributed by atoms with Crippen LogP contribution in [0, 0.1) is 0 Å². The van der Waals surface area contributed by atoms with Crippen LogP contribution in [0.1, 0.15) is 12.8 Å². The quantitative estimate of drug-likeness (QED) is 0.113. The molecule has 2 N–H and O–H groups in total. The van der Waals surface area contributed by atoms with Crippen LogP contribution in [0.3, 0.4) is 0 Å². The van der Waals surface area contributed by atoms with Crippen molar-refractivity contribution in [3.63, 3.8) is 0 Å². The third kappa shape index (κ3) is 10.5. The van der Waals surface area contributed by atoms with E-state index in [-0.39, 0.29) is 25.9 Å². The van der Waals surface area contributed by atoms with Crippen LogP contribution in [0.4, 0.5) is 0 Å². The molecule has 6 rings (SSSR count). The minimum atomic E-state index is -5.36. The fraction of sp³-hybridized carbons (Fsp3) is 0.190. The van der Waals surface area contributed by atoms with Gasteiger partial charge in [-0.1, -0.05) is 0 Å². The van der Waals surface area contributed by atoms with E-state index in [9.17, 15) is 28.8 Å². The monoisotopic (exact) mass is 1070 g/mol. The van der Waals surface area contributed by atoms with Crippen molar-refractivity contribution in [1.82, 2.24) is 19.1 Å². The summed E-state index contributed by atoms with van der Waals surface area (Å²) in [6, 6.07) is 29.7. The maximum atomic E-state index is 14.4. The average molecular weight is 1070 g/mol. The van der Waals surface area contributed by atoms with E-state index in [0.717, 1.165) is 0 Å². The van der Waals surface area contributed by atoms with E-state index < -0.39 is 72.4 Å². The summed E-state index contributed by atoms with van der Waals surface area (Å²) in [6.07, 6.45) is 1.91. The Morgan fingerprint density at radius 2 is 0.738 bits per heavy atom. The molecule has 4 aromatic carbocycles. The Labute approximate surface area is 358 Å². The molecule has 17 nitrogen and oxygen atoms in total. The summed E-state index contributed by atoms with van der Waals surface area (Å²) in [5.41, 5.74) is -2.60. The summed E-state index contributed by atoms with van der Waals surface area (Å²) < 4.78 is 47.4. The predicted molar refractivity (Wildman–Crippen MR) is 227 cm³/mol. The second-order valence-corrected chi connectivity index (χ2v) is 27.9. The summed E-state index contributed by atoms with van der Waals surface area (Å²) in [5, 5.41) is 0. The summed E-state index contributed by atoms with van der Waals surface area (Å²) in [4.78, 5) is 81.9. The molecule has 0 aliphatic carbocycles. The first-order valence-corrected chi connectivity index (χ1v) is 26.9. The molecule has 0 saturated carbocycles. The number of methoxy groups -OCH3 is 4. The van der Waals surface area contributed by atoms with Crippen molar-refractivity contribution in [2.45, 2.75) is 25.9 Å². The number of aryl methyl sites for hydroxylation is 2. The molecule has 0 aliphatic rings. The Morgan fingerprint density at radius 3 is 0.984 bits per heavy atom. The molecular formula is C42H42N4O13Te2. The van der Waals surface area contributed by atoms with Crippen molar-refractivity contribution < 1.29 is 36.2 Å². The topological polar surface area (TPSA) is 208 Å². The van der Waals surface area contributed by atoms with Crippen molar-refractivity contribution in [2.75, 3.05) is 28.4 Å². The van der Waals surface area contributed by atoms with E-state index in [1.165, 1.54) is 62.1 Å². The van der Waals surface area contributed by atoms with Gasteiger partial charge in [0.2, 0.25) is 0 Å². The van der Waals surface area contributed by atoms with Crippen LogP contribution in [0.15, 0.2) is 141 Å². The summed E-state index contributed by atoms with van der Waals surface area (Å²) in [7, 11) is 6.04. The number of H-pyrrole nitrogens is 2. The Kier molecular flexibility index (Phi) is 14.6. The Balaban J connectivity index is 1.59. The number of rotatable bonds is 18. The van der Waals surface area contributed by atoms with Gasteiger partial charge in [-0.2, -0.15) is 0 Å². The molecular weight excluding hydrogens is 1020 g/mol. The number of ether oxygens (including phenoxy) is 4. The van der Waals surface area contributed by atoms with Gasteiger partial charge in [-0.3, -0.25) is 0 Å². The zero-order valence-electron chi connectivity index (χ0n) is 33.4. The molecule has 2 heterocycles. The van der Waals surface area contributed by atoms with Crippen LogP contribution < -0.4 is 55.9 Å². The molecule has 0 atom stereocenters. The van der Waals surface area contributed by atoms with Crippen LogP contribution in [0.2, 0.25) is 0 Å². The van der Waals surface area contributed by atoms with Crippen molar-refractivity contribution in [1.29, 1.82) is 0 Å². The Morgan fingerprint density at radius 1 is 0.459 bits per heavy atom. The predicted octanol–water partition coefficient (Wildman–Crippen LogP) is 0.518. The van der Waals surface area contributed by atoms with Crippen molar-refractivity contribution in [2.24, 2.45) is 0 Å². The van der Waals surface area contributed by atoms with Crippen LogP contribution in [0.25, 0.3) is 0 Å². The maximum absolute atomic E-state index is 14.4. The average Bonchev–Trinajstić information content (AvgIpc) is 3.28. The van der Waals surface area contributed by atoms with Gasteiger partial charge in [0.1, 0.15) is 0 Å². The third-order valence-corrected chi connectivity index (χ3v) is 30.0. The molecule has 19 heteroatoms. The van der Waals surface area contributed by atoms with Gasteiger partial charge in [-0.05, 0) is 0 Å². The van der Waals surface area contributed by atoms with Gasteiger partial charge in [0.05, 0.1) is 0 Å². The SMILES string of the molecule is COc1ccc([Te](OC(=O)CCn2ccc(=O)[nH]c2=O)(O[Te](OC(=O)CCn2ccc(=O)[nH]c2=O)(c2ccc(OC)cc2)c2ccc(OC)cc2)c2ccc(OC)cc2)cc1. The molecule has 2 aromatic heterocycles. The fourth-order valence-electron chi connectivity index (χ4n) is 5.81. The van der Waals surface area contributed by atoms with Gasteiger partial charge >= 0.3 is 360 Å². The number of carbonyl (C=O) groups excluding carboxylic acids is 2. The van der Waals surface area contributed by atoms with Gasteiger partial charge in [-0.15, -0.1) is 0 Å². The Hall–Kier alpha value is -6.08. The minimum absolute atomic E-state index is 0.152. The van der Waals surface area contributed by atoms with E-state index in [2.05, 4.69) is 9.97 Å². The van der Waals surface area contributed by atoms with Crippen molar-refractivity contribution >= 4 is 64.4 Å². The first kappa shape index (κ1) is 44.5. The molecule has 0 radical (unpaired) electrons. The van der Waals surface area contributed by atoms with E-state index in [1.807, 2.05) is 0 Å². The summed E-state index contributed by atoms with van der Waals surface area (Å²) in [5.74, 6) is 0.497. The molecule has 0 unspecified atom stereocenters. The number of hydrogen-bond acceptors (Lipinski definition) is 13.